The minimum atomic E-state index is -0.143. The fraction of sp³-hybridized carbons (Fsp3) is 0.158. The van der Waals surface area contributed by atoms with Gasteiger partial charge in [-0.3, -0.25) is 15.1 Å². The van der Waals surface area contributed by atoms with Gasteiger partial charge in [0.25, 0.3) is 5.91 Å². The predicted octanol–water partition coefficient (Wildman–Crippen LogP) is 4.12. The average molecular weight is 337 g/mol. The van der Waals surface area contributed by atoms with Crippen LogP contribution >= 0.6 is 11.8 Å². The summed E-state index contributed by atoms with van der Waals surface area (Å²) >= 11 is 1.20. The Hall–Kier alpha value is -2.53. The van der Waals surface area contributed by atoms with E-state index in [1.165, 1.54) is 16.7 Å². The SMILES string of the molecule is Cc1ccccc1N1C(=N)S/C(=C\c2ccc(N(C)C)cc2)C1=O. The van der Waals surface area contributed by atoms with E-state index in [0.717, 1.165) is 22.5 Å². The van der Waals surface area contributed by atoms with Gasteiger partial charge >= 0.3 is 0 Å². The maximum absolute atomic E-state index is 12.7. The zero-order valence-electron chi connectivity index (χ0n) is 13.9. The van der Waals surface area contributed by atoms with Crippen LogP contribution in [0.2, 0.25) is 0 Å². The molecular formula is C19H19N3OS. The van der Waals surface area contributed by atoms with E-state index in [1.807, 2.05) is 80.5 Å². The normalized spacial score (nSPS) is 16.1. The van der Waals surface area contributed by atoms with Gasteiger partial charge in [0.05, 0.1) is 10.6 Å². The summed E-state index contributed by atoms with van der Waals surface area (Å²) in [4.78, 5) is 16.8. The van der Waals surface area contributed by atoms with Crippen LogP contribution < -0.4 is 9.80 Å². The first-order valence-corrected chi connectivity index (χ1v) is 8.44. The molecule has 1 aliphatic heterocycles. The Balaban J connectivity index is 1.90. The van der Waals surface area contributed by atoms with Gasteiger partial charge in [0.15, 0.2) is 5.17 Å². The van der Waals surface area contributed by atoms with E-state index in [2.05, 4.69) is 0 Å². The number of nitrogens with one attached hydrogen (secondary N) is 1. The second-order valence-electron chi connectivity index (χ2n) is 5.83. The van der Waals surface area contributed by atoms with Crippen LogP contribution in [-0.4, -0.2) is 25.2 Å². The maximum atomic E-state index is 12.7. The molecule has 2 aromatic carbocycles. The van der Waals surface area contributed by atoms with Gasteiger partial charge in [0.1, 0.15) is 0 Å². The minimum Gasteiger partial charge on any atom is -0.378 e. The van der Waals surface area contributed by atoms with Gasteiger partial charge < -0.3 is 4.90 Å². The van der Waals surface area contributed by atoms with E-state index in [4.69, 9.17) is 5.41 Å². The molecule has 0 spiro atoms. The fourth-order valence-electron chi connectivity index (χ4n) is 2.54. The summed E-state index contributed by atoms with van der Waals surface area (Å²) in [6.45, 7) is 1.95. The van der Waals surface area contributed by atoms with E-state index in [1.54, 1.807) is 0 Å². The van der Waals surface area contributed by atoms with E-state index >= 15 is 0 Å². The summed E-state index contributed by atoms with van der Waals surface area (Å²) in [5.41, 5.74) is 3.81. The molecule has 0 atom stereocenters. The molecule has 24 heavy (non-hydrogen) atoms. The van der Waals surface area contributed by atoms with Crippen LogP contribution in [0.1, 0.15) is 11.1 Å². The number of aryl methyl sites for hydroxylation is 1. The monoisotopic (exact) mass is 337 g/mol. The summed E-state index contributed by atoms with van der Waals surface area (Å²) in [6, 6.07) is 15.6. The van der Waals surface area contributed by atoms with Gasteiger partial charge in [-0.05, 0) is 54.1 Å². The Labute approximate surface area is 146 Å². The van der Waals surface area contributed by atoms with E-state index in [0.29, 0.717) is 4.91 Å². The quantitative estimate of drug-likeness (QED) is 0.857. The number of amidine groups is 1. The molecule has 0 radical (unpaired) electrons. The second kappa shape index (κ2) is 6.53. The molecule has 122 valence electrons. The van der Waals surface area contributed by atoms with E-state index in [-0.39, 0.29) is 11.1 Å². The highest BCUT2D eigenvalue weighted by molar-refractivity contribution is 8.19. The van der Waals surface area contributed by atoms with Crippen LogP contribution in [0.4, 0.5) is 11.4 Å². The topological polar surface area (TPSA) is 47.4 Å². The van der Waals surface area contributed by atoms with E-state index < -0.39 is 0 Å². The average Bonchev–Trinajstić information content (AvgIpc) is 2.83. The lowest BCUT2D eigenvalue weighted by Crippen LogP contribution is -2.28. The van der Waals surface area contributed by atoms with Gasteiger partial charge in [-0.2, -0.15) is 0 Å². The number of para-hydroxylation sites is 1. The fourth-order valence-corrected chi connectivity index (χ4v) is 3.39. The van der Waals surface area contributed by atoms with Crippen molar-refractivity contribution >= 4 is 40.3 Å². The highest BCUT2D eigenvalue weighted by Crippen LogP contribution is 2.36. The number of thioether (sulfide) groups is 1. The zero-order valence-corrected chi connectivity index (χ0v) is 14.7. The molecular weight excluding hydrogens is 318 g/mol. The number of benzene rings is 2. The highest BCUT2D eigenvalue weighted by Gasteiger charge is 2.34. The van der Waals surface area contributed by atoms with Gasteiger partial charge in [-0.15, -0.1) is 0 Å². The van der Waals surface area contributed by atoms with Crippen molar-refractivity contribution in [2.24, 2.45) is 0 Å². The Morgan fingerprint density at radius 1 is 1.08 bits per heavy atom. The molecule has 0 unspecified atom stereocenters. The molecule has 0 bridgehead atoms. The number of carbonyl (C=O) groups is 1. The van der Waals surface area contributed by atoms with Crippen molar-refractivity contribution in [3.8, 4) is 0 Å². The first-order valence-electron chi connectivity index (χ1n) is 7.63. The number of anilines is 2. The number of carbonyl (C=O) groups excluding carboxylic acids is 1. The largest absolute Gasteiger partial charge is 0.378 e. The smallest absolute Gasteiger partial charge is 0.271 e. The number of hydrogen-bond donors (Lipinski definition) is 1. The Morgan fingerprint density at radius 2 is 1.75 bits per heavy atom. The Bertz CT molecular complexity index is 825. The molecule has 1 aliphatic rings. The zero-order chi connectivity index (χ0) is 17.3. The molecule has 5 heteroatoms. The van der Waals surface area contributed by atoms with Crippen LogP contribution in [-0.2, 0) is 4.79 Å². The molecule has 0 saturated carbocycles. The first kappa shape index (κ1) is 16.3. The van der Waals surface area contributed by atoms with Gasteiger partial charge in [-0.1, -0.05) is 30.3 Å². The standard InChI is InChI=1S/C19H19N3OS/c1-13-6-4-5-7-16(13)22-18(23)17(24-19(22)20)12-14-8-10-15(11-9-14)21(2)3/h4-12,20H,1-3H3/b17-12-,20-19?. The van der Waals surface area contributed by atoms with Crippen LogP contribution in [0, 0.1) is 12.3 Å². The van der Waals surface area contributed by atoms with Crippen LogP contribution in [0.15, 0.2) is 53.4 Å². The Kier molecular flexibility index (Phi) is 4.44. The van der Waals surface area contributed by atoms with Gasteiger partial charge in [0, 0.05) is 19.8 Å². The molecule has 0 aliphatic carbocycles. The summed E-state index contributed by atoms with van der Waals surface area (Å²) in [7, 11) is 3.98. The molecule has 2 aromatic rings. The van der Waals surface area contributed by atoms with Gasteiger partial charge in [0.2, 0.25) is 0 Å². The van der Waals surface area contributed by atoms with Crippen molar-refractivity contribution in [2.75, 3.05) is 23.9 Å². The highest BCUT2D eigenvalue weighted by atomic mass is 32.2. The van der Waals surface area contributed by atoms with E-state index in [9.17, 15) is 4.79 Å². The number of amides is 1. The molecule has 1 N–H and O–H groups in total. The third kappa shape index (κ3) is 3.08. The molecule has 4 nitrogen and oxygen atoms in total. The van der Waals surface area contributed by atoms with Gasteiger partial charge in [-0.25, -0.2) is 0 Å². The molecule has 3 rings (SSSR count). The second-order valence-corrected chi connectivity index (χ2v) is 6.86. The maximum Gasteiger partial charge on any atom is 0.271 e. The minimum absolute atomic E-state index is 0.143. The molecule has 0 aromatic heterocycles. The summed E-state index contributed by atoms with van der Waals surface area (Å²) < 4.78 is 0. The molecule has 1 heterocycles. The lowest BCUT2D eigenvalue weighted by Gasteiger charge is -2.16. The number of rotatable bonds is 3. The van der Waals surface area contributed by atoms with Crippen molar-refractivity contribution < 1.29 is 4.79 Å². The summed E-state index contributed by atoms with van der Waals surface area (Å²) in [5, 5.41) is 8.42. The Morgan fingerprint density at radius 3 is 2.38 bits per heavy atom. The predicted molar refractivity (Wildman–Crippen MR) is 103 cm³/mol. The van der Waals surface area contributed by atoms with Crippen molar-refractivity contribution in [3.05, 3.63) is 64.6 Å². The van der Waals surface area contributed by atoms with Crippen molar-refractivity contribution in [2.45, 2.75) is 6.92 Å². The number of hydrogen-bond acceptors (Lipinski definition) is 4. The third-order valence-corrected chi connectivity index (χ3v) is 4.78. The van der Waals surface area contributed by atoms with Crippen LogP contribution in [0.3, 0.4) is 0 Å². The van der Waals surface area contributed by atoms with Crippen molar-refractivity contribution in [1.82, 2.24) is 0 Å². The first-order chi connectivity index (χ1) is 11.5. The summed E-state index contributed by atoms with van der Waals surface area (Å²) in [6.07, 6.45) is 1.85. The molecule has 1 amide bonds. The molecule has 1 fully saturated rings. The lowest BCUT2D eigenvalue weighted by atomic mass is 10.1. The van der Waals surface area contributed by atoms with Crippen LogP contribution in [0.5, 0.6) is 0 Å². The van der Waals surface area contributed by atoms with Crippen molar-refractivity contribution in [3.63, 3.8) is 0 Å². The number of nitrogens with zero attached hydrogens (tertiary/aromatic N) is 2. The third-order valence-electron chi connectivity index (χ3n) is 3.89. The molecule has 1 saturated heterocycles. The van der Waals surface area contributed by atoms with Crippen molar-refractivity contribution in [1.29, 1.82) is 5.41 Å². The van der Waals surface area contributed by atoms with Crippen LogP contribution in [0.25, 0.3) is 6.08 Å². The summed E-state index contributed by atoms with van der Waals surface area (Å²) in [5.74, 6) is -0.143. The lowest BCUT2D eigenvalue weighted by molar-refractivity contribution is -0.113.